The number of non-ortho nitro benzene ring substituents is 1. The lowest BCUT2D eigenvalue weighted by Crippen LogP contribution is -2.22. The van der Waals surface area contributed by atoms with Gasteiger partial charge in [-0.1, -0.05) is 54.6 Å². The number of nitro groups is 1. The summed E-state index contributed by atoms with van der Waals surface area (Å²) in [6.45, 7) is 0.317. The van der Waals surface area contributed by atoms with E-state index < -0.39 is 4.92 Å². The van der Waals surface area contributed by atoms with Gasteiger partial charge >= 0.3 is 0 Å². The van der Waals surface area contributed by atoms with E-state index in [0.29, 0.717) is 12.1 Å². The molecule has 0 atom stereocenters. The topological polar surface area (TPSA) is 72.2 Å². The Balaban J connectivity index is 1.62. The van der Waals surface area contributed by atoms with Crippen LogP contribution in [0.2, 0.25) is 0 Å². The number of hydrogen-bond acceptors (Lipinski definition) is 3. The van der Waals surface area contributed by atoms with Crippen LogP contribution in [-0.2, 0) is 6.54 Å². The van der Waals surface area contributed by atoms with Gasteiger partial charge in [0.1, 0.15) is 0 Å². The van der Waals surface area contributed by atoms with Gasteiger partial charge in [-0.3, -0.25) is 14.9 Å². The summed E-state index contributed by atoms with van der Waals surface area (Å²) in [5, 5.41) is 13.4. The fourth-order valence-electron chi connectivity index (χ4n) is 2.46. The van der Waals surface area contributed by atoms with Crippen molar-refractivity contribution in [3.05, 3.63) is 100 Å². The van der Waals surface area contributed by atoms with Crippen LogP contribution < -0.4 is 5.32 Å². The van der Waals surface area contributed by atoms with Gasteiger partial charge in [0.2, 0.25) is 0 Å². The van der Waals surface area contributed by atoms with Crippen molar-refractivity contribution in [1.29, 1.82) is 0 Å². The molecule has 0 bridgehead atoms. The van der Waals surface area contributed by atoms with Crippen LogP contribution in [0.5, 0.6) is 0 Å². The maximum absolute atomic E-state index is 12.2. The molecule has 0 aliphatic rings. The minimum Gasteiger partial charge on any atom is -0.348 e. The van der Waals surface area contributed by atoms with Crippen LogP contribution in [0.1, 0.15) is 15.9 Å². The molecule has 0 spiro atoms. The van der Waals surface area contributed by atoms with Crippen molar-refractivity contribution in [2.75, 3.05) is 0 Å². The Morgan fingerprint density at radius 1 is 0.840 bits per heavy atom. The fraction of sp³-hybridized carbons (Fsp3) is 0.0500. The Morgan fingerprint density at radius 2 is 1.44 bits per heavy atom. The highest BCUT2D eigenvalue weighted by molar-refractivity contribution is 5.94. The first kappa shape index (κ1) is 16.4. The summed E-state index contributed by atoms with van der Waals surface area (Å²) in [6.07, 6.45) is 0. The summed E-state index contributed by atoms with van der Waals surface area (Å²) >= 11 is 0. The smallest absolute Gasteiger partial charge is 0.269 e. The molecule has 0 aliphatic carbocycles. The molecule has 0 saturated heterocycles. The number of carbonyl (C=O) groups is 1. The first-order valence-electron chi connectivity index (χ1n) is 7.80. The zero-order chi connectivity index (χ0) is 17.6. The molecule has 3 rings (SSSR count). The number of carbonyl (C=O) groups excluding carboxylic acids is 1. The molecular weight excluding hydrogens is 316 g/mol. The Kier molecular flexibility index (Phi) is 4.85. The van der Waals surface area contributed by atoms with Crippen molar-refractivity contribution in [2.24, 2.45) is 0 Å². The maximum Gasteiger partial charge on any atom is 0.269 e. The van der Waals surface area contributed by atoms with Gasteiger partial charge in [0.15, 0.2) is 0 Å². The van der Waals surface area contributed by atoms with Gasteiger partial charge in [0, 0.05) is 24.2 Å². The number of benzene rings is 3. The highest BCUT2D eigenvalue weighted by Gasteiger charge is 2.07. The summed E-state index contributed by atoms with van der Waals surface area (Å²) in [6, 6.07) is 23.5. The molecule has 0 unspecified atom stereocenters. The molecule has 1 N–H and O–H groups in total. The highest BCUT2D eigenvalue weighted by atomic mass is 16.6. The monoisotopic (exact) mass is 332 g/mol. The molecule has 0 aliphatic heterocycles. The zero-order valence-electron chi connectivity index (χ0n) is 13.4. The molecule has 0 aromatic heterocycles. The molecule has 3 aromatic rings. The number of hydrogen-bond donors (Lipinski definition) is 1. The van der Waals surface area contributed by atoms with Gasteiger partial charge in [0.05, 0.1) is 4.92 Å². The van der Waals surface area contributed by atoms with Gasteiger partial charge < -0.3 is 5.32 Å². The van der Waals surface area contributed by atoms with Gasteiger partial charge in [-0.25, -0.2) is 0 Å². The van der Waals surface area contributed by atoms with Gasteiger partial charge in [-0.2, -0.15) is 0 Å². The predicted molar refractivity (Wildman–Crippen MR) is 96.1 cm³/mol. The summed E-state index contributed by atoms with van der Waals surface area (Å²) in [4.78, 5) is 22.4. The third-order valence-corrected chi connectivity index (χ3v) is 3.85. The van der Waals surface area contributed by atoms with Crippen LogP contribution in [0.3, 0.4) is 0 Å². The Morgan fingerprint density at radius 3 is 2.04 bits per heavy atom. The third-order valence-electron chi connectivity index (χ3n) is 3.85. The molecule has 0 saturated carbocycles. The normalized spacial score (nSPS) is 10.2. The van der Waals surface area contributed by atoms with E-state index in [1.165, 1.54) is 12.1 Å². The number of nitrogens with one attached hydrogen (secondary N) is 1. The van der Waals surface area contributed by atoms with Crippen LogP contribution in [0.25, 0.3) is 11.1 Å². The van der Waals surface area contributed by atoms with Gasteiger partial charge in [-0.15, -0.1) is 0 Å². The summed E-state index contributed by atoms with van der Waals surface area (Å²) < 4.78 is 0. The second-order valence-electron chi connectivity index (χ2n) is 5.55. The van der Waals surface area contributed by atoms with Crippen molar-refractivity contribution in [1.82, 2.24) is 5.32 Å². The van der Waals surface area contributed by atoms with Crippen LogP contribution in [0.15, 0.2) is 78.9 Å². The minimum absolute atomic E-state index is 0.0339. The van der Waals surface area contributed by atoms with Crippen LogP contribution >= 0.6 is 0 Å². The average Bonchev–Trinajstić information content (AvgIpc) is 2.67. The third kappa shape index (κ3) is 4.09. The molecular formula is C20H16N2O3. The fourth-order valence-corrected chi connectivity index (χ4v) is 2.46. The van der Waals surface area contributed by atoms with Crippen LogP contribution in [-0.4, -0.2) is 10.8 Å². The summed E-state index contributed by atoms with van der Waals surface area (Å²) in [5.41, 5.74) is 3.56. The van der Waals surface area contributed by atoms with E-state index in [9.17, 15) is 14.9 Å². The Bertz CT molecular complexity index is 873. The Labute approximate surface area is 145 Å². The first-order valence-corrected chi connectivity index (χ1v) is 7.80. The largest absolute Gasteiger partial charge is 0.348 e. The number of nitrogens with zero attached hydrogens (tertiary/aromatic N) is 1. The summed E-state index contributed by atoms with van der Waals surface area (Å²) in [5.74, 6) is -0.182. The minimum atomic E-state index is -0.448. The molecule has 124 valence electrons. The van der Waals surface area contributed by atoms with E-state index in [2.05, 4.69) is 5.32 Å². The first-order chi connectivity index (χ1) is 12.1. The van der Waals surface area contributed by atoms with Crippen LogP contribution in [0, 0.1) is 10.1 Å². The zero-order valence-corrected chi connectivity index (χ0v) is 13.4. The van der Waals surface area contributed by atoms with E-state index >= 15 is 0 Å². The quantitative estimate of drug-likeness (QED) is 0.562. The lowest BCUT2D eigenvalue weighted by molar-refractivity contribution is -0.384. The van der Waals surface area contributed by atoms with E-state index in [1.807, 2.05) is 42.5 Å². The van der Waals surface area contributed by atoms with Gasteiger partial charge in [-0.05, 0) is 28.8 Å². The molecule has 0 heterocycles. The highest BCUT2D eigenvalue weighted by Crippen LogP contribution is 2.19. The number of nitro benzene ring substituents is 1. The van der Waals surface area contributed by atoms with Crippen molar-refractivity contribution in [3.63, 3.8) is 0 Å². The second kappa shape index (κ2) is 7.40. The van der Waals surface area contributed by atoms with E-state index in [1.54, 1.807) is 24.3 Å². The molecule has 5 nitrogen and oxygen atoms in total. The molecule has 5 heteroatoms. The number of amides is 1. The molecule has 0 radical (unpaired) electrons. The van der Waals surface area contributed by atoms with Crippen molar-refractivity contribution in [3.8, 4) is 11.1 Å². The SMILES string of the molecule is O=C(NCc1ccc([N+](=O)[O-])cc1)c1ccc(-c2ccccc2)cc1. The standard InChI is InChI=1S/C20H16N2O3/c23-20(21-14-15-6-12-19(13-7-15)22(24)25)18-10-8-17(9-11-18)16-4-2-1-3-5-16/h1-13H,14H2,(H,21,23). The molecule has 3 aromatic carbocycles. The van der Waals surface area contributed by atoms with Crippen molar-refractivity contribution < 1.29 is 9.72 Å². The van der Waals surface area contributed by atoms with E-state index in [0.717, 1.165) is 16.7 Å². The van der Waals surface area contributed by atoms with Crippen LogP contribution in [0.4, 0.5) is 5.69 Å². The molecule has 1 amide bonds. The van der Waals surface area contributed by atoms with Crippen molar-refractivity contribution in [2.45, 2.75) is 6.54 Å². The lowest BCUT2D eigenvalue weighted by atomic mass is 10.0. The summed E-state index contributed by atoms with van der Waals surface area (Å²) in [7, 11) is 0. The maximum atomic E-state index is 12.2. The Hall–Kier alpha value is -3.47. The van der Waals surface area contributed by atoms with Gasteiger partial charge in [0.25, 0.3) is 11.6 Å². The predicted octanol–water partition coefficient (Wildman–Crippen LogP) is 4.19. The molecule has 25 heavy (non-hydrogen) atoms. The lowest BCUT2D eigenvalue weighted by Gasteiger charge is -2.07. The van der Waals surface area contributed by atoms with Crippen molar-refractivity contribution >= 4 is 11.6 Å². The van der Waals surface area contributed by atoms with E-state index in [-0.39, 0.29) is 11.6 Å². The second-order valence-corrected chi connectivity index (χ2v) is 5.55. The number of rotatable bonds is 5. The van der Waals surface area contributed by atoms with E-state index in [4.69, 9.17) is 0 Å². The average molecular weight is 332 g/mol. The molecule has 0 fully saturated rings.